The van der Waals surface area contributed by atoms with Crippen LogP contribution in [0.4, 0.5) is 0 Å². The molecular weight excluding hydrogens is 345 g/mol. The van der Waals surface area contributed by atoms with Crippen LogP contribution >= 0.6 is 23.2 Å². The van der Waals surface area contributed by atoms with Crippen molar-refractivity contribution < 1.29 is 13.2 Å². The van der Waals surface area contributed by atoms with Crippen LogP contribution in [0.1, 0.15) is 18.5 Å². The number of halogens is 2. The number of sulfonamides is 1. The lowest BCUT2D eigenvalue weighted by Crippen LogP contribution is -2.27. The first-order valence-corrected chi connectivity index (χ1v) is 8.69. The largest absolute Gasteiger partial charge is 0.497 e. The Morgan fingerprint density at radius 2 is 1.73 bits per heavy atom. The summed E-state index contributed by atoms with van der Waals surface area (Å²) in [4.78, 5) is 0.158. The van der Waals surface area contributed by atoms with Crippen LogP contribution in [-0.4, -0.2) is 15.5 Å². The first-order valence-electron chi connectivity index (χ1n) is 6.45. The second kappa shape index (κ2) is 6.87. The van der Waals surface area contributed by atoms with E-state index in [1.807, 2.05) is 0 Å². The van der Waals surface area contributed by atoms with Crippen LogP contribution in [0, 0.1) is 0 Å². The van der Waals surface area contributed by atoms with E-state index in [-0.39, 0.29) is 4.90 Å². The molecule has 2 rings (SSSR count). The molecule has 0 aliphatic heterocycles. The highest BCUT2D eigenvalue weighted by Crippen LogP contribution is 2.27. The van der Waals surface area contributed by atoms with E-state index < -0.39 is 16.1 Å². The summed E-state index contributed by atoms with van der Waals surface area (Å²) >= 11 is 11.9. The van der Waals surface area contributed by atoms with Crippen molar-refractivity contribution in [3.63, 3.8) is 0 Å². The predicted molar refractivity (Wildman–Crippen MR) is 88.2 cm³/mol. The standard InChI is InChI=1S/C15H15Cl2NO3S/c1-10(14-8-3-11(16)9-15(14)17)18-22(19,20)13-6-4-12(21-2)5-7-13/h3-10,18H,1-2H3/t10-/m0/s1. The van der Waals surface area contributed by atoms with E-state index in [0.29, 0.717) is 21.4 Å². The Hall–Kier alpha value is -1.27. The minimum atomic E-state index is -3.66. The van der Waals surface area contributed by atoms with Gasteiger partial charge in [-0.2, -0.15) is 0 Å². The maximum Gasteiger partial charge on any atom is 0.241 e. The van der Waals surface area contributed by atoms with Gasteiger partial charge in [-0.25, -0.2) is 13.1 Å². The Labute approximate surface area is 140 Å². The molecule has 0 fully saturated rings. The Kier molecular flexibility index (Phi) is 5.34. The van der Waals surface area contributed by atoms with Crippen molar-refractivity contribution in [3.8, 4) is 5.75 Å². The molecule has 0 saturated heterocycles. The minimum Gasteiger partial charge on any atom is -0.497 e. The van der Waals surface area contributed by atoms with Gasteiger partial charge in [0.05, 0.1) is 12.0 Å². The predicted octanol–water partition coefficient (Wildman–Crippen LogP) is 4.04. The summed E-state index contributed by atoms with van der Waals surface area (Å²) in [5, 5.41) is 0.913. The zero-order valence-electron chi connectivity index (χ0n) is 12.0. The maximum absolute atomic E-state index is 12.4. The topological polar surface area (TPSA) is 55.4 Å². The third-order valence-electron chi connectivity index (χ3n) is 3.13. The van der Waals surface area contributed by atoms with Gasteiger partial charge in [-0.15, -0.1) is 0 Å². The fourth-order valence-corrected chi connectivity index (χ4v) is 3.77. The van der Waals surface area contributed by atoms with E-state index in [9.17, 15) is 8.42 Å². The molecule has 0 heterocycles. The molecule has 2 aromatic rings. The van der Waals surface area contributed by atoms with Gasteiger partial charge in [-0.05, 0) is 48.9 Å². The number of ether oxygens (including phenoxy) is 1. The van der Waals surface area contributed by atoms with Crippen LogP contribution in [0.2, 0.25) is 10.0 Å². The van der Waals surface area contributed by atoms with Gasteiger partial charge in [-0.1, -0.05) is 29.3 Å². The molecule has 0 amide bonds. The number of benzene rings is 2. The minimum absolute atomic E-state index is 0.158. The Balaban J connectivity index is 2.23. The second-order valence-electron chi connectivity index (χ2n) is 4.68. The summed E-state index contributed by atoms with van der Waals surface area (Å²) < 4.78 is 32.3. The number of hydrogen-bond acceptors (Lipinski definition) is 3. The van der Waals surface area contributed by atoms with Crippen molar-refractivity contribution in [2.24, 2.45) is 0 Å². The molecule has 0 bridgehead atoms. The summed E-state index contributed by atoms with van der Waals surface area (Å²) in [7, 11) is -2.14. The molecule has 4 nitrogen and oxygen atoms in total. The monoisotopic (exact) mass is 359 g/mol. The van der Waals surface area contributed by atoms with Crippen molar-refractivity contribution in [2.45, 2.75) is 17.9 Å². The first-order chi connectivity index (χ1) is 10.3. The summed E-state index contributed by atoms with van der Waals surface area (Å²) in [5.41, 5.74) is 0.656. The zero-order valence-corrected chi connectivity index (χ0v) is 14.3. The van der Waals surface area contributed by atoms with E-state index in [2.05, 4.69) is 4.72 Å². The fourth-order valence-electron chi connectivity index (χ4n) is 1.97. The normalized spacial score (nSPS) is 12.9. The average Bonchev–Trinajstić information content (AvgIpc) is 2.46. The molecule has 118 valence electrons. The van der Waals surface area contributed by atoms with E-state index in [0.717, 1.165) is 0 Å². The van der Waals surface area contributed by atoms with Crippen molar-refractivity contribution in [2.75, 3.05) is 7.11 Å². The molecule has 0 unspecified atom stereocenters. The summed E-state index contributed by atoms with van der Waals surface area (Å²) in [6, 6.07) is 10.6. The third-order valence-corrected chi connectivity index (χ3v) is 5.25. The van der Waals surface area contributed by atoms with Gasteiger partial charge >= 0.3 is 0 Å². The van der Waals surface area contributed by atoms with Gasteiger partial charge in [0.1, 0.15) is 5.75 Å². The molecule has 0 aromatic heterocycles. The molecule has 7 heteroatoms. The molecule has 1 N–H and O–H groups in total. The second-order valence-corrected chi connectivity index (χ2v) is 7.24. The summed E-state index contributed by atoms with van der Waals surface area (Å²) in [5.74, 6) is 0.591. The number of nitrogens with one attached hydrogen (secondary N) is 1. The third kappa shape index (κ3) is 3.93. The molecule has 2 aromatic carbocycles. The highest BCUT2D eigenvalue weighted by atomic mass is 35.5. The number of methoxy groups -OCH3 is 1. The van der Waals surface area contributed by atoms with Gasteiger partial charge in [0.2, 0.25) is 10.0 Å². The first kappa shape index (κ1) is 17.1. The van der Waals surface area contributed by atoms with E-state index in [1.165, 1.54) is 19.2 Å². The molecule has 0 saturated carbocycles. The van der Waals surface area contributed by atoms with Crippen LogP contribution in [0.25, 0.3) is 0 Å². The molecule has 1 atom stereocenters. The SMILES string of the molecule is COc1ccc(S(=O)(=O)N[C@@H](C)c2ccc(Cl)cc2Cl)cc1. The highest BCUT2D eigenvalue weighted by molar-refractivity contribution is 7.89. The molecule has 0 aliphatic rings. The molecule has 0 spiro atoms. The van der Waals surface area contributed by atoms with Crippen molar-refractivity contribution in [3.05, 3.63) is 58.1 Å². The zero-order chi connectivity index (χ0) is 16.3. The van der Waals surface area contributed by atoms with E-state index >= 15 is 0 Å². The van der Waals surface area contributed by atoms with Crippen LogP contribution in [0.5, 0.6) is 5.75 Å². The lowest BCUT2D eigenvalue weighted by Gasteiger charge is -2.16. The van der Waals surface area contributed by atoms with Crippen LogP contribution in [-0.2, 0) is 10.0 Å². The van der Waals surface area contributed by atoms with E-state index in [1.54, 1.807) is 37.3 Å². The highest BCUT2D eigenvalue weighted by Gasteiger charge is 2.20. The molecule has 22 heavy (non-hydrogen) atoms. The smallest absolute Gasteiger partial charge is 0.241 e. The van der Waals surface area contributed by atoms with Crippen LogP contribution < -0.4 is 9.46 Å². The Bertz CT molecular complexity index is 761. The van der Waals surface area contributed by atoms with Gasteiger partial charge in [0.25, 0.3) is 0 Å². The molecule has 0 aliphatic carbocycles. The summed E-state index contributed by atoms with van der Waals surface area (Å²) in [6.45, 7) is 1.72. The summed E-state index contributed by atoms with van der Waals surface area (Å²) in [6.07, 6.45) is 0. The van der Waals surface area contributed by atoms with E-state index in [4.69, 9.17) is 27.9 Å². The maximum atomic E-state index is 12.4. The van der Waals surface area contributed by atoms with Crippen molar-refractivity contribution in [1.82, 2.24) is 4.72 Å². The van der Waals surface area contributed by atoms with Gasteiger partial charge < -0.3 is 4.74 Å². The lowest BCUT2D eigenvalue weighted by molar-refractivity contribution is 0.414. The average molecular weight is 360 g/mol. The van der Waals surface area contributed by atoms with Crippen LogP contribution in [0.3, 0.4) is 0 Å². The van der Waals surface area contributed by atoms with Gasteiger partial charge in [0, 0.05) is 16.1 Å². The van der Waals surface area contributed by atoms with Crippen molar-refractivity contribution >= 4 is 33.2 Å². The number of hydrogen-bond donors (Lipinski definition) is 1. The van der Waals surface area contributed by atoms with Crippen molar-refractivity contribution in [1.29, 1.82) is 0 Å². The Morgan fingerprint density at radius 3 is 2.27 bits per heavy atom. The van der Waals surface area contributed by atoms with Gasteiger partial charge in [-0.3, -0.25) is 0 Å². The fraction of sp³-hybridized carbons (Fsp3) is 0.200. The molecular formula is C15H15Cl2NO3S. The van der Waals surface area contributed by atoms with Gasteiger partial charge in [0.15, 0.2) is 0 Å². The quantitative estimate of drug-likeness (QED) is 0.876. The van der Waals surface area contributed by atoms with Crippen LogP contribution in [0.15, 0.2) is 47.4 Å². The Morgan fingerprint density at radius 1 is 1.09 bits per heavy atom. The lowest BCUT2D eigenvalue weighted by atomic mass is 10.1. The number of rotatable bonds is 5. The molecule has 0 radical (unpaired) electrons.